The molecule has 11 heteroatoms. The largest absolute Gasteiger partial charge is 0.337 e. The summed E-state index contributed by atoms with van der Waals surface area (Å²) in [6.07, 6.45) is 0.670. The first-order valence-corrected chi connectivity index (χ1v) is 15.7. The van der Waals surface area contributed by atoms with E-state index in [1.807, 2.05) is 24.3 Å². The molecule has 1 aliphatic rings. The zero-order valence-corrected chi connectivity index (χ0v) is 23.8. The SMILES string of the molecule is CC(=O)N1CCc2c(sc(NC(=O)c3cccc(NS(=O)(=O)c4ccccc4)c3)c2-c2nc3ccccc3s2)C1. The van der Waals surface area contributed by atoms with Crippen molar-refractivity contribution in [1.82, 2.24) is 9.88 Å². The molecule has 5 aromatic rings. The molecule has 0 aliphatic carbocycles. The highest BCUT2D eigenvalue weighted by molar-refractivity contribution is 7.92. The van der Waals surface area contributed by atoms with Gasteiger partial charge in [-0.15, -0.1) is 22.7 Å². The molecule has 1 aliphatic heterocycles. The first-order valence-electron chi connectivity index (χ1n) is 12.5. The van der Waals surface area contributed by atoms with E-state index >= 15 is 0 Å². The highest BCUT2D eigenvalue weighted by atomic mass is 32.2. The van der Waals surface area contributed by atoms with Crippen LogP contribution in [0, 0.1) is 0 Å². The van der Waals surface area contributed by atoms with Crippen LogP contribution in [0.4, 0.5) is 10.7 Å². The lowest BCUT2D eigenvalue weighted by atomic mass is 10.0. The van der Waals surface area contributed by atoms with Crippen molar-refractivity contribution in [2.45, 2.75) is 24.8 Å². The maximum absolute atomic E-state index is 13.5. The van der Waals surface area contributed by atoms with E-state index in [-0.39, 0.29) is 22.4 Å². The predicted molar refractivity (Wildman–Crippen MR) is 159 cm³/mol. The Morgan fingerprint density at radius 2 is 1.73 bits per heavy atom. The van der Waals surface area contributed by atoms with Crippen molar-refractivity contribution in [2.75, 3.05) is 16.6 Å². The Balaban J connectivity index is 1.33. The van der Waals surface area contributed by atoms with Gasteiger partial charge < -0.3 is 10.2 Å². The second-order valence-electron chi connectivity index (χ2n) is 9.34. The van der Waals surface area contributed by atoms with Crippen molar-refractivity contribution >= 4 is 65.4 Å². The number of thiophene rings is 1. The van der Waals surface area contributed by atoms with Crippen molar-refractivity contribution in [3.05, 3.63) is 94.9 Å². The van der Waals surface area contributed by atoms with Crippen LogP contribution in [-0.4, -0.2) is 36.7 Å². The van der Waals surface area contributed by atoms with E-state index in [0.29, 0.717) is 30.1 Å². The first kappa shape index (κ1) is 26.2. The summed E-state index contributed by atoms with van der Waals surface area (Å²) in [7, 11) is -3.80. The zero-order valence-electron chi connectivity index (χ0n) is 21.4. The normalized spacial score (nSPS) is 13.2. The monoisotopic (exact) mass is 588 g/mol. The van der Waals surface area contributed by atoms with E-state index in [2.05, 4.69) is 10.0 Å². The second kappa shape index (κ2) is 10.5. The summed E-state index contributed by atoms with van der Waals surface area (Å²) in [5.41, 5.74) is 3.46. The van der Waals surface area contributed by atoms with Gasteiger partial charge in [0.25, 0.3) is 15.9 Å². The van der Waals surface area contributed by atoms with Crippen LogP contribution in [0.15, 0.2) is 83.8 Å². The van der Waals surface area contributed by atoms with E-state index in [4.69, 9.17) is 4.98 Å². The summed E-state index contributed by atoms with van der Waals surface area (Å²) in [6.45, 7) is 2.66. The van der Waals surface area contributed by atoms with Gasteiger partial charge in [-0.1, -0.05) is 36.4 Å². The van der Waals surface area contributed by atoms with E-state index in [9.17, 15) is 18.0 Å². The van der Waals surface area contributed by atoms with E-state index in [1.54, 1.807) is 59.6 Å². The van der Waals surface area contributed by atoms with Gasteiger partial charge >= 0.3 is 0 Å². The van der Waals surface area contributed by atoms with Crippen molar-refractivity contribution < 1.29 is 18.0 Å². The minimum absolute atomic E-state index is 0.0148. The molecule has 2 amide bonds. The van der Waals surface area contributed by atoms with Crippen LogP contribution < -0.4 is 10.0 Å². The van der Waals surface area contributed by atoms with E-state index in [0.717, 1.165) is 31.2 Å². The van der Waals surface area contributed by atoms with Gasteiger partial charge in [0.05, 0.1) is 21.7 Å². The summed E-state index contributed by atoms with van der Waals surface area (Å²) in [6, 6.07) is 22.3. The van der Waals surface area contributed by atoms with Gasteiger partial charge in [0.15, 0.2) is 0 Å². The molecular weight excluding hydrogens is 565 g/mol. The number of anilines is 2. The van der Waals surface area contributed by atoms with Crippen LogP contribution in [0.3, 0.4) is 0 Å². The summed E-state index contributed by atoms with van der Waals surface area (Å²) < 4.78 is 29.2. The molecule has 40 heavy (non-hydrogen) atoms. The summed E-state index contributed by atoms with van der Waals surface area (Å²) in [5.74, 6) is -0.355. The number of hydrogen-bond acceptors (Lipinski definition) is 7. The molecule has 0 unspecified atom stereocenters. The molecular formula is C29H24N4O4S3. The molecule has 0 radical (unpaired) electrons. The maximum atomic E-state index is 13.5. The van der Waals surface area contributed by atoms with E-state index in [1.165, 1.54) is 29.5 Å². The molecule has 6 rings (SSSR count). The van der Waals surface area contributed by atoms with Crippen LogP contribution in [0.25, 0.3) is 20.8 Å². The summed E-state index contributed by atoms with van der Waals surface area (Å²) in [5, 5.41) is 4.53. The Labute approximate surface area is 239 Å². The van der Waals surface area contributed by atoms with Gasteiger partial charge in [-0.25, -0.2) is 13.4 Å². The molecule has 3 aromatic carbocycles. The molecule has 2 N–H and O–H groups in total. The van der Waals surface area contributed by atoms with Crippen LogP contribution in [-0.2, 0) is 27.8 Å². The van der Waals surface area contributed by atoms with Crippen molar-refractivity contribution in [3.63, 3.8) is 0 Å². The number of hydrogen-bond donors (Lipinski definition) is 2. The lowest BCUT2D eigenvalue weighted by Crippen LogP contribution is -2.33. The van der Waals surface area contributed by atoms with Crippen LogP contribution >= 0.6 is 22.7 Å². The number of carbonyl (C=O) groups is 2. The number of amides is 2. The summed E-state index contributed by atoms with van der Waals surface area (Å²) >= 11 is 3.02. The third kappa shape index (κ3) is 5.10. The molecule has 3 heterocycles. The first-order chi connectivity index (χ1) is 19.3. The molecule has 0 saturated carbocycles. The second-order valence-corrected chi connectivity index (χ2v) is 13.2. The lowest BCUT2D eigenvalue weighted by molar-refractivity contribution is -0.129. The Hall–Kier alpha value is -4.06. The molecule has 0 atom stereocenters. The molecule has 202 valence electrons. The maximum Gasteiger partial charge on any atom is 0.261 e. The zero-order chi connectivity index (χ0) is 27.9. The predicted octanol–water partition coefficient (Wildman–Crippen LogP) is 5.98. The van der Waals surface area contributed by atoms with Crippen molar-refractivity contribution in [3.8, 4) is 10.6 Å². The van der Waals surface area contributed by atoms with Crippen molar-refractivity contribution in [2.24, 2.45) is 0 Å². The number of benzene rings is 3. The number of fused-ring (bicyclic) bond motifs is 2. The minimum Gasteiger partial charge on any atom is -0.337 e. The van der Waals surface area contributed by atoms with Gasteiger partial charge in [-0.2, -0.15) is 0 Å². The fraction of sp³-hybridized carbons (Fsp3) is 0.138. The molecule has 8 nitrogen and oxygen atoms in total. The average Bonchev–Trinajstić information content (AvgIpc) is 3.53. The average molecular weight is 589 g/mol. The van der Waals surface area contributed by atoms with Gasteiger partial charge in [-0.3, -0.25) is 14.3 Å². The van der Waals surface area contributed by atoms with Gasteiger partial charge in [-0.05, 0) is 54.4 Å². The third-order valence-electron chi connectivity index (χ3n) is 6.67. The lowest BCUT2D eigenvalue weighted by Gasteiger charge is -2.26. The molecule has 2 aromatic heterocycles. The van der Waals surface area contributed by atoms with Gasteiger partial charge in [0, 0.05) is 35.2 Å². The van der Waals surface area contributed by atoms with Crippen LogP contribution in [0.2, 0.25) is 0 Å². The minimum atomic E-state index is -3.80. The Morgan fingerprint density at radius 3 is 2.50 bits per heavy atom. The fourth-order valence-corrected chi connectivity index (χ4v) is 8.12. The number of aromatic nitrogens is 1. The van der Waals surface area contributed by atoms with Crippen LogP contribution in [0.5, 0.6) is 0 Å². The number of carbonyl (C=O) groups excluding carboxylic acids is 2. The van der Waals surface area contributed by atoms with Gasteiger partial charge in [0.2, 0.25) is 5.91 Å². The van der Waals surface area contributed by atoms with Gasteiger partial charge in [0.1, 0.15) is 10.0 Å². The van der Waals surface area contributed by atoms with E-state index < -0.39 is 10.0 Å². The number of thiazole rings is 1. The smallest absolute Gasteiger partial charge is 0.261 e. The number of rotatable bonds is 6. The Kier molecular flexibility index (Phi) is 6.87. The quantitative estimate of drug-likeness (QED) is 0.254. The Bertz CT molecular complexity index is 1830. The topological polar surface area (TPSA) is 108 Å². The molecule has 0 spiro atoms. The standard InChI is InChI=1S/C29H24N4O4S3/c1-18(34)33-15-14-22-25(17-33)39-29(26(22)28-30-23-12-5-6-13-24(23)38-28)31-27(35)19-8-7-9-20(16-19)32-40(36,37)21-10-3-2-4-11-21/h2-13,16,32H,14-15,17H2,1H3,(H,31,35). The Morgan fingerprint density at radius 1 is 0.950 bits per heavy atom. The number of sulfonamides is 1. The number of nitrogens with zero attached hydrogens (tertiary/aromatic N) is 2. The number of para-hydroxylation sites is 1. The fourth-order valence-electron chi connectivity index (χ4n) is 4.68. The molecule has 0 bridgehead atoms. The highest BCUT2D eigenvalue weighted by Gasteiger charge is 2.29. The molecule has 0 saturated heterocycles. The third-order valence-corrected chi connectivity index (χ3v) is 10.3. The van der Waals surface area contributed by atoms with Crippen molar-refractivity contribution in [1.29, 1.82) is 0 Å². The summed E-state index contributed by atoms with van der Waals surface area (Å²) in [4.78, 5) is 33.4. The molecule has 0 fully saturated rings. The number of nitrogens with one attached hydrogen (secondary N) is 2. The van der Waals surface area contributed by atoms with Crippen LogP contribution in [0.1, 0.15) is 27.7 Å². The highest BCUT2D eigenvalue weighted by Crippen LogP contribution is 2.45.